The third kappa shape index (κ3) is 2.85. The predicted octanol–water partition coefficient (Wildman–Crippen LogP) is 2.09. The molecule has 0 radical (unpaired) electrons. The minimum atomic E-state index is -0.417. The molecule has 18 heavy (non-hydrogen) atoms. The first-order chi connectivity index (χ1) is 8.72. The van der Waals surface area contributed by atoms with Crippen molar-refractivity contribution in [3.05, 3.63) is 28.3 Å². The van der Waals surface area contributed by atoms with Gasteiger partial charge in [-0.15, -0.1) is 0 Å². The lowest BCUT2D eigenvalue weighted by atomic mass is 10.2. The average Bonchev–Trinajstić information content (AvgIpc) is 2.38. The van der Waals surface area contributed by atoms with Crippen molar-refractivity contribution in [2.45, 2.75) is 0 Å². The van der Waals surface area contributed by atoms with E-state index in [-0.39, 0.29) is 5.69 Å². The van der Waals surface area contributed by atoms with Gasteiger partial charge in [-0.05, 0) is 18.1 Å². The van der Waals surface area contributed by atoms with Crippen LogP contribution in [-0.2, 0) is 4.18 Å². The highest BCUT2D eigenvalue weighted by molar-refractivity contribution is 7.93. The largest absolute Gasteiger partial charge is 0.489 e. The Morgan fingerprint density at radius 2 is 2.44 bits per heavy atom. The number of nitrogens with zero attached hydrogens (tertiary/aromatic N) is 2. The number of non-ortho nitro benzene ring substituents is 1. The molecule has 0 N–H and O–H groups in total. The van der Waals surface area contributed by atoms with Crippen LogP contribution in [0.2, 0.25) is 0 Å². The molecule has 0 aliphatic carbocycles. The number of nitro benzene ring substituents is 1. The maximum absolute atomic E-state index is 10.7. The fourth-order valence-electron chi connectivity index (χ4n) is 1.84. The van der Waals surface area contributed by atoms with Gasteiger partial charge < -0.3 is 13.8 Å². The van der Waals surface area contributed by atoms with Crippen molar-refractivity contribution < 1.29 is 13.8 Å². The number of hydrogen-bond donors (Lipinski definition) is 0. The van der Waals surface area contributed by atoms with Gasteiger partial charge in [-0.25, -0.2) is 0 Å². The van der Waals surface area contributed by atoms with Crippen LogP contribution in [0.4, 0.5) is 11.4 Å². The standard InChI is InChI=1S/C11H14N2O4S/c1-18-17-7-5-12-4-6-16-11-8-9(13(14)15)2-3-10(11)12/h2-3,8H,4-7H2,1H3. The van der Waals surface area contributed by atoms with E-state index in [9.17, 15) is 10.1 Å². The Labute approximate surface area is 109 Å². The highest BCUT2D eigenvalue weighted by Gasteiger charge is 2.20. The number of nitro groups is 1. The van der Waals surface area contributed by atoms with Gasteiger partial charge in [0.05, 0.1) is 29.8 Å². The molecule has 1 aliphatic rings. The van der Waals surface area contributed by atoms with Crippen molar-refractivity contribution in [3.8, 4) is 5.75 Å². The third-order valence-corrected chi connectivity index (χ3v) is 3.08. The zero-order chi connectivity index (χ0) is 13.0. The number of rotatable bonds is 5. The fourth-order valence-corrected chi connectivity index (χ4v) is 2.08. The van der Waals surface area contributed by atoms with E-state index in [4.69, 9.17) is 8.92 Å². The molecule has 7 heteroatoms. The SMILES string of the molecule is CSOCCN1CCOc2cc([N+](=O)[O-])ccc21. The smallest absolute Gasteiger partial charge is 0.273 e. The monoisotopic (exact) mass is 270 g/mol. The molecule has 0 spiro atoms. The molecule has 0 saturated heterocycles. The van der Waals surface area contributed by atoms with E-state index in [0.717, 1.165) is 18.8 Å². The van der Waals surface area contributed by atoms with Crippen molar-refractivity contribution in [1.82, 2.24) is 0 Å². The second-order valence-corrected chi connectivity index (χ2v) is 4.30. The van der Waals surface area contributed by atoms with Gasteiger partial charge >= 0.3 is 0 Å². The summed E-state index contributed by atoms with van der Waals surface area (Å²) in [7, 11) is 0. The number of anilines is 1. The summed E-state index contributed by atoms with van der Waals surface area (Å²) in [4.78, 5) is 12.4. The average molecular weight is 270 g/mol. The summed E-state index contributed by atoms with van der Waals surface area (Å²) < 4.78 is 10.7. The Morgan fingerprint density at radius 3 is 3.17 bits per heavy atom. The van der Waals surface area contributed by atoms with Crippen LogP contribution in [0.25, 0.3) is 0 Å². The van der Waals surface area contributed by atoms with Crippen LogP contribution >= 0.6 is 12.0 Å². The molecule has 0 fully saturated rings. The quantitative estimate of drug-likeness (QED) is 0.353. The molecule has 0 atom stereocenters. The summed E-state index contributed by atoms with van der Waals surface area (Å²) in [6.45, 7) is 2.66. The van der Waals surface area contributed by atoms with Crippen molar-refractivity contribution in [2.75, 3.05) is 37.5 Å². The molecule has 1 aromatic rings. The van der Waals surface area contributed by atoms with Crippen LogP contribution in [0.5, 0.6) is 5.75 Å². The van der Waals surface area contributed by atoms with Crippen LogP contribution in [0.3, 0.4) is 0 Å². The van der Waals surface area contributed by atoms with Crippen LogP contribution < -0.4 is 9.64 Å². The normalized spacial score (nSPS) is 13.9. The Balaban J connectivity index is 2.14. The zero-order valence-corrected chi connectivity index (χ0v) is 10.8. The van der Waals surface area contributed by atoms with Crippen molar-refractivity contribution >= 4 is 23.4 Å². The molecule has 1 heterocycles. The molecule has 0 amide bonds. The first-order valence-corrected chi connectivity index (χ1v) is 6.69. The first-order valence-electron chi connectivity index (χ1n) is 5.54. The molecule has 0 unspecified atom stereocenters. The molecule has 1 aromatic carbocycles. The molecule has 98 valence electrons. The van der Waals surface area contributed by atoms with Crippen LogP contribution in [0, 0.1) is 10.1 Å². The van der Waals surface area contributed by atoms with Crippen molar-refractivity contribution in [3.63, 3.8) is 0 Å². The summed E-state index contributed by atoms with van der Waals surface area (Å²) in [6.07, 6.45) is 1.87. The van der Waals surface area contributed by atoms with Crippen LogP contribution in [0.15, 0.2) is 18.2 Å². The van der Waals surface area contributed by atoms with Gasteiger partial charge in [0, 0.05) is 18.9 Å². The fraction of sp³-hybridized carbons (Fsp3) is 0.455. The lowest BCUT2D eigenvalue weighted by Gasteiger charge is -2.30. The second kappa shape index (κ2) is 5.92. The topological polar surface area (TPSA) is 64.8 Å². The molecule has 0 aromatic heterocycles. The molecule has 2 rings (SSSR count). The Morgan fingerprint density at radius 1 is 1.61 bits per heavy atom. The van der Waals surface area contributed by atoms with Gasteiger partial charge in [-0.2, -0.15) is 0 Å². The number of ether oxygens (including phenoxy) is 1. The third-order valence-electron chi connectivity index (χ3n) is 2.68. The van der Waals surface area contributed by atoms with Gasteiger partial charge in [-0.1, -0.05) is 0 Å². The number of hydrogen-bond acceptors (Lipinski definition) is 6. The summed E-state index contributed by atoms with van der Waals surface area (Å²) >= 11 is 1.33. The van der Waals surface area contributed by atoms with E-state index in [1.165, 1.54) is 24.2 Å². The minimum Gasteiger partial charge on any atom is -0.489 e. The van der Waals surface area contributed by atoms with Gasteiger partial charge in [-0.3, -0.25) is 10.1 Å². The second-order valence-electron chi connectivity index (χ2n) is 3.73. The maximum Gasteiger partial charge on any atom is 0.273 e. The Bertz CT molecular complexity index is 441. The van der Waals surface area contributed by atoms with Crippen LogP contribution in [-0.4, -0.2) is 37.5 Å². The van der Waals surface area contributed by atoms with E-state index in [2.05, 4.69) is 4.90 Å². The molecule has 1 aliphatic heterocycles. The Hall–Kier alpha value is -1.47. The van der Waals surface area contributed by atoms with Gasteiger partial charge in [0.2, 0.25) is 0 Å². The summed E-state index contributed by atoms with van der Waals surface area (Å²) in [5.74, 6) is 0.569. The first kappa shape index (κ1) is 13.0. The highest BCUT2D eigenvalue weighted by Crippen LogP contribution is 2.34. The lowest BCUT2D eigenvalue weighted by molar-refractivity contribution is -0.384. The van der Waals surface area contributed by atoms with E-state index < -0.39 is 4.92 Å². The molecular weight excluding hydrogens is 256 g/mol. The summed E-state index contributed by atoms with van der Waals surface area (Å²) in [5, 5.41) is 10.7. The van der Waals surface area contributed by atoms with Gasteiger partial charge in [0.15, 0.2) is 0 Å². The molecule has 0 bridgehead atoms. The highest BCUT2D eigenvalue weighted by atomic mass is 32.2. The minimum absolute atomic E-state index is 0.0518. The summed E-state index contributed by atoms with van der Waals surface area (Å²) in [5.41, 5.74) is 0.938. The van der Waals surface area contributed by atoms with Crippen molar-refractivity contribution in [1.29, 1.82) is 0 Å². The van der Waals surface area contributed by atoms with Crippen LogP contribution in [0.1, 0.15) is 0 Å². The van der Waals surface area contributed by atoms with E-state index >= 15 is 0 Å². The predicted molar refractivity (Wildman–Crippen MR) is 70.3 cm³/mol. The number of fused-ring (bicyclic) bond motifs is 1. The van der Waals surface area contributed by atoms with Crippen molar-refractivity contribution in [2.24, 2.45) is 0 Å². The number of benzene rings is 1. The zero-order valence-electron chi connectivity index (χ0n) is 10.00. The molecule has 6 nitrogen and oxygen atoms in total. The lowest BCUT2D eigenvalue weighted by Crippen LogP contribution is -2.35. The van der Waals surface area contributed by atoms with Gasteiger partial charge in [0.25, 0.3) is 5.69 Å². The Kier molecular flexibility index (Phi) is 4.27. The van der Waals surface area contributed by atoms with E-state index in [0.29, 0.717) is 19.0 Å². The molecular formula is C11H14N2O4S. The maximum atomic E-state index is 10.7. The van der Waals surface area contributed by atoms with E-state index in [1.807, 2.05) is 6.26 Å². The van der Waals surface area contributed by atoms with Gasteiger partial charge in [0.1, 0.15) is 12.4 Å². The van der Waals surface area contributed by atoms with E-state index in [1.54, 1.807) is 6.07 Å². The molecule has 0 saturated carbocycles. The summed E-state index contributed by atoms with van der Waals surface area (Å²) in [6, 6.07) is 4.69.